The average molecular weight is 426 g/mol. The van der Waals surface area contributed by atoms with E-state index in [0.717, 1.165) is 31.2 Å². The van der Waals surface area contributed by atoms with Crippen molar-refractivity contribution in [2.24, 2.45) is 0 Å². The third-order valence-electron chi connectivity index (χ3n) is 3.99. The molecule has 0 aromatic heterocycles. The Hall–Kier alpha value is 0.0669. The number of hydrogen-bond donors (Lipinski definition) is 0. The first-order chi connectivity index (χ1) is 12.1. The number of para-hydroxylation sites is 1. The molecule has 0 fully saturated rings. The van der Waals surface area contributed by atoms with Gasteiger partial charge in [-0.05, 0) is 24.6 Å². The molecular weight excluding hydrogens is 395 g/mol. The van der Waals surface area contributed by atoms with Crippen LogP contribution in [0.15, 0.2) is 30.3 Å². The van der Waals surface area contributed by atoms with Crippen LogP contribution in [0.4, 0.5) is 0 Å². The lowest BCUT2D eigenvalue weighted by Gasteiger charge is -2.07. The fraction of sp³-hybridized carbons (Fsp3) is 0.684. The summed E-state index contributed by atoms with van der Waals surface area (Å²) < 4.78 is 11.2. The van der Waals surface area contributed by atoms with E-state index in [9.17, 15) is 0 Å². The van der Waals surface area contributed by atoms with E-state index in [1.165, 1.54) is 44.9 Å². The highest BCUT2D eigenvalue weighted by Crippen LogP contribution is 2.27. The van der Waals surface area contributed by atoms with Gasteiger partial charge in [-0.15, -0.1) is 33.2 Å². The van der Waals surface area contributed by atoms with Gasteiger partial charge in [-0.25, -0.2) is 0 Å². The van der Waals surface area contributed by atoms with Gasteiger partial charge in [0, 0.05) is 6.61 Å². The lowest BCUT2D eigenvalue weighted by molar-refractivity contribution is 0.0970. The molecule has 0 aliphatic rings. The third kappa shape index (κ3) is 16.0. The van der Waals surface area contributed by atoms with Crippen LogP contribution in [0, 0.1) is 0 Å². The highest BCUT2D eigenvalue weighted by Gasteiger charge is 2.23. The molecule has 0 heterocycles. The van der Waals surface area contributed by atoms with E-state index in [2.05, 4.69) is 0 Å². The molecule has 1 rings (SSSR count). The first kappa shape index (κ1) is 23.1. The summed E-state index contributed by atoms with van der Waals surface area (Å²) in [5, 5.41) is 0. The zero-order valence-electron chi connectivity index (χ0n) is 15.0. The molecule has 1 aromatic rings. The number of halogens is 3. The Bertz CT molecular complexity index is 413. The number of ether oxygens (including phenoxy) is 2. The fourth-order valence-corrected chi connectivity index (χ4v) is 4.46. The number of hydrogen-bond acceptors (Lipinski definition) is 2. The van der Waals surface area contributed by atoms with Crippen molar-refractivity contribution < 1.29 is 9.47 Å². The normalized spacial score (nSPS) is 11.6. The van der Waals surface area contributed by atoms with Gasteiger partial charge in [-0.1, -0.05) is 69.6 Å². The van der Waals surface area contributed by atoms with E-state index in [1.807, 2.05) is 30.3 Å². The molecule has 0 amide bonds. The quantitative estimate of drug-likeness (QED) is 0.158. The zero-order chi connectivity index (χ0) is 18.2. The molecule has 0 spiro atoms. The van der Waals surface area contributed by atoms with Crippen LogP contribution in [0.5, 0.6) is 5.75 Å². The Morgan fingerprint density at radius 2 is 1.20 bits per heavy atom. The summed E-state index contributed by atoms with van der Waals surface area (Å²) in [6.07, 6.45) is 11.1. The summed E-state index contributed by atoms with van der Waals surface area (Å²) in [6.45, 7) is 2.11. The van der Waals surface area contributed by atoms with E-state index in [-0.39, 0.29) is 0 Å². The van der Waals surface area contributed by atoms with Gasteiger partial charge in [0.2, 0.25) is 0 Å². The second kappa shape index (κ2) is 15.2. The van der Waals surface area contributed by atoms with Gasteiger partial charge in [0.1, 0.15) is 12.4 Å². The highest BCUT2D eigenvalue weighted by atomic mass is 35.8. The maximum absolute atomic E-state index is 5.86. The van der Waals surface area contributed by atoms with Crippen molar-refractivity contribution in [3.05, 3.63) is 30.3 Å². The van der Waals surface area contributed by atoms with E-state index in [1.54, 1.807) is 0 Å². The Morgan fingerprint density at radius 1 is 0.640 bits per heavy atom. The molecule has 0 saturated carbocycles. The Morgan fingerprint density at radius 3 is 1.80 bits per heavy atom. The standard InChI is InChI=1S/C19H31Cl3O2Si/c20-25(21,22)18-12-7-5-3-1-2-4-6-11-15-23-16-17-24-19-13-9-8-10-14-19/h8-10,13-14H,1-7,11-12,15-18H2. The Kier molecular flexibility index (Phi) is 14.0. The first-order valence-electron chi connectivity index (χ1n) is 9.40. The van der Waals surface area contributed by atoms with Crippen molar-refractivity contribution in [3.8, 4) is 5.75 Å². The average Bonchev–Trinajstić information content (AvgIpc) is 2.58. The molecule has 0 unspecified atom stereocenters. The molecule has 25 heavy (non-hydrogen) atoms. The van der Waals surface area contributed by atoms with Crippen molar-refractivity contribution in [1.82, 2.24) is 0 Å². The molecule has 0 bridgehead atoms. The van der Waals surface area contributed by atoms with Crippen LogP contribution in [-0.4, -0.2) is 25.8 Å². The summed E-state index contributed by atoms with van der Waals surface area (Å²) in [4.78, 5) is 0. The number of benzene rings is 1. The van der Waals surface area contributed by atoms with Crippen LogP contribution < -0.4 is 4.74 Å². The minimum atomic E-state index is -2.38. The summed E-state index contributed by atoms with van der Waals surface area (Å²) >= 11 is 17.6. The predicted molar refractivity (Wildman–Crippen MR) is 112 cm³/mol. The van der Waals surface area contributed by atoms with Crippen molar-refractivity contribution in [2.45, 2.75) is 63.8 Å². The molecule has 0 aliphatic heterocycles. The van der Waals surface area contributed by atoms with Gasteiger partial charge < -0.3 is 9.47 Å². The second-order valence-corrected chi connectivity index (χ2v) is 15.6. The lowest BCUT2D eigenvalue weighted by atomic mass is 10.1. The Balaban J connectivity index is 1.73. The van der Waals surface area contributed by atoms with Crippen molar-refractivity contribution in [1.29, 1.82) is 0 Å². The molecule has 0 atom stereocenters. The van der Waals surface area contributed by atoms with Crippen LogP contribution in [0.25, 0.3) is 0 Å². The maximum atomic E-state index is 5.86. The van der Waals surface area contributed by atoms with Gasteiger partial charge in [0.05, 0.1) is 6.61 Å². The fourth-order valence-electron chi connectivity index (χ4n) is 2.60. The third-order valence-corrected chi connectivity index (χ3v) is 6.61. The SMILES string of the molecule is Cl[Si](Cl)(Cl)CCCCCCCCCCCOCCOc1ccccc1. The van der Waals surface area contributed by atoms with Crippen LogP contribution in [-0.2, 0) is 4.74 Å². The number of unbranched alkanes of at least 4 members (excludes halogenated alkanes) is 8. The number of rotatable bonds is 16. The zero-order valence-corrected chi connectivity index (χ0v) is 18.3. The smallest absolute Gasteiger partial charge is 0.341 e. The van der Waals surface area contributed by atoms with E-state index < -0.39 is 6.00 Å². The Labute approximate surface area is 168 Å². The summed E-state index contributed by atoms with van der Waals surface area (Å²) in [7, 11) is 0. The largest absolute Gasteiger partial charge is 0.491 e. The summed E-state index contributed by atoms with van der Waals surface area (Å²) in [5.41, 5.74) is 0. The first-order valence-corrected chi connectivity index (χ1v) is 14.6. The highest BCUT2D eigenvalue weighted by molar-refractivity contribution is 7.64. The lowest BCUT2D eigenvalue weighted by Crippen LogP contribution is -2.07. The van der Waals surface area contributed by atoms with Crippen LogP contribution >= 0.6 is 33.2 Å². The van der Waals surface area contributed by atoms with Gasteiger partial charge in [-0.2, -0.15) is 0 Å². The molecule has 2 nitrogen and oxygen atoms in total. The van der Waals surface area contributed by atoms with Gasteiger partial charge in [0.25, 0.3) is 0 Å². The minimum Gasteiger partial charge on any atom is -0.491 e. The molecule has 1 aromatic carbocycles. The topological polar surface area (TPSA) is 18.5 Å². The summed E-state index contributed by atoms with van der Waals surface area (Å²) in [5.74, 6) is 0.903. The van der Waals surface area contributed by atoms with E-state index in [4.69, 9.17) is 42.7 Å². The molecule has 144 valence electrons. The second-order valence-electron chi connectivity index (χ2n) is 6.32. The monoisotopic (exact) mass is 424 g/mol. The van der Waals surface area contributed by atoms with Gasteiger partial charge in [0.15, 0.2) is 0 Å². The van der Waals surface area contributed by atoms with Gasteiger partial charge in [-0.3, -0.25) is 0 Å². The van der Waals surface area contributed by atoms with Gasteiger partial charge >= 0.3 is 6.00 Å². The molecule has 0 aliphatic carbocycles. The molecule has 6 heteroatoms. The van der Waals surface area contributed by atoms with Crippen molar-refractivity contribution in [2.75, 3.05) is 19.8 Å². The minimum absolute atomic E-state index is 0.616. The van der Waals surface area contributed by atoms with Crippen LogP contribution in [0.2, 0.25) is 6.04 Å². The molecule has 0 radical (unpaired) electrons. The predicted octanol–water partition coefficient (Wildman–Crippen LogP) is 7.25. The van der Waals surface area contributed by atoms with Crippen LogP contribution in [0.3, 0.4) is 0 Å². The summed E-state index contributed by atoms with van der Waals surface area (Å²) in [6, 6.07) is 8.27. The molecular formula is C19H31Cl3O2Si. The van der Waals surface area contributed by atoms with Crippen molar-refractivity contribution >= 4 is 39.2 Å². The van der Waals surface area contributed by atoms with E-state index >= 15 is 0 Å². The van der Waals surface area contributed by atoms with E-state index in [0.29, 0.717) is 13.2 Å². The van der Waals surface area contributed by atoms with Crippen LogP contribution in [0.1, 0.15) is 57.8 Å². The molecule has 0 N–H and O–H groups in total. The molecule has 0 saturated heterocycles. The van der Waals surface area contributed by atoms with Crippen molar-refractivity contribution in [3.63, 3.8) is 0 Å². The maximum Gasteiger partial charge on any atom is 0.341 e.